The summed E-state index contributed by atoms with van der Waals surface area (Å²) in [4.78, 5) is 4.20. The molecule has 0 spiro atoms. The Morgan fingerprint density at radius 2 is 2.21 bits per heavy atom. The number of rotatable bonds is 4. The third-order valence-electron chi connectivity index (χ3n) is 2.25. The fourth-order valence-corrected chi connectivity index (χ4v) is 0.896. The zero-order valence-corrected chi connectivity index (χ0v) is 9.07. The lowest BCUT2D eigenvalue weighted by molar-refractivity contribution is 0.00973. The lowest BCUT2D eigenvalue weighted by Crippen LogP contribution is -2.21. The molecule has 0 aliphatic heterocycles. The summed E-state index contributed by atoms with van der Waals surface area (Å²) >= 11 is 0. The second-order valence-corrected chi connectivity index (χ2v) is 3.69. The topological polar surface area (TPSA) is 74.2 Å². The third-order valence-corrected chi connectivity index (χ3v) is 2.25. The maximum atomic E-state index is 5.76. The van der Waals surface area contributed by atoms with Crippen molar-refractivity contribution in [3.63, 3.8) is 0 Å². The van der Waals surface area contributed by atoms with Crippen molar-refractivity contribution in [2.45, 2.75) is 38.8 Å². The van der Waals surface area contributed by atoms with Gasteiger partial charge in [-0.1, -0.05) is 12.1 Å². The van der Waals surface area contributed by atoms with E-state index in [1.807, 2.05) is 20.8 Å². The minimum Gasteiger partial charge on any atom is -0.371 e. The zero-order chi connectivity index (χ0) is 10.8. The molecule has 1 aromatic rings. The van der Waals surface area contributed by atoms with Gasteiger partial charge in [-0.3, -0.25) is 0 Å². The summed E-state index contributed by atoms with van der Waals surface area (Å²) < 4.78 is 10.3. The Hall–Kier alpha value is -0.940. The second-order valence-electron chi connectivity index (χ2n) is 3.69. The molecule has 0 fully saturated rings. The minimum atomic E-state index is -0.533. The first kappa shape index (κ1) is 11.1. The number of nitrogens with zero attached hydrogens (tertiary/aromatic N) is 2. The molecular weight excluding hydrogens is 182 g/mol. The maximum Gasteiger partial charge on any atom is 0.243 e. The van der Waals surface area contributed by atoms with Crippen molar-refractivity contribution in [1.29, 1.82) is 0 Å². The van der Waals surface area contributed by atoms with Crippen LogP contribution in [0.15, 0.2) is 4.52 Å². The summed E-state index contributed by atoms with van der Waals surface area (Å²) in [6.07, 6.45) is 0.773. The van der Waals surface area contributed by atoms with Gasteiger partial charge in [-0.15, -0.1) is 0 Å². The molecule has 2 N–H and O–H groups in total. The molecule has 80 valence electrons. The lowest BCUT2D eigenvalue weighted by atomic mass is 10.1. The van der Waals surface area contributed by atoms with E-state index in [1.165, 1.54) is 0 Å². The van der Waals surface area contributed by atoms with E-state index in [2.05, 4.69) is 10.1 Å². The molecule has 0 radical (unpaired) electrons. The molecule has 0 aliphatic carbocycles. The Bertz CT molecular complexity index is 296. The van der Waals surface area contributed by atoms with E-state index in [-0.39, 0.29) is 6.04 Å². The molecule has 0 unspecified atom stereocenters. The largest absolute Gasteiger partial charge is 0.371 e. The molecule has 0 aromatic carbocycles. The van der Waals surface area contributed by atoms with Crippen LogP contribution in [0.5, 0.6) is 0 Å². The fourth-order valence-electron chi connectivity index (χ4n) is 0.896. The highest BCUT2D eigenvalue weighted by Crippen LogP contribution is 2.22. The van der Waals surface area contributed by atoms with E-state index in [0.29, 0.717) is 11.7 Å². The van der Waals surface area contributed by atoms with Crippen molar-refractivity contribution >= 4 is 0 Å². The van der Waals surface area contributed by atoms with E-state index < -0.39 is 5.60 Å². The molecule has 1 atom stereocenters. The quantitative estimate of drug-likeness (QED) is 0.792. The van der Waals surface area contributed by atoms with Crippen LogP contribution < -0.4 is 5.73 Å². The maximum absolute atomic E-state index is 5.76. The van der Waals surface area contributed by atoms with E-state index in [9.17, 15) is 0 Å². The first-order valence-electron chi connectivity index (χ1n) is 4.66. The summed E-state index contributed by atoms with van der Waals surface area (Å²) in [7, 11) is 1.61. The van der Waals surface area contributed by atoms with E-state index >= 15 is 0 Å². The third kappa shape index (κ3) is 2.10. The normalized spacial score (nSPS) is 14.4. The van der Waals surface area contributed by atoms with E-state index in [1.54, 1.807) is 7.11 Å². The molecule has 5 nitrogen and oxygen atoms in total. The highest BCUT2D eigenvalue weighted by atomic mass is 16.5. The van der Waals surface area contributed by atoms with Crippen LogP contribution in [0, 0.1) is 0 Å². The van der Waals surface area contributed by atoms with Gasteiger partial charge in [-0.25, -0.2) is 0 Å². The van der Waals surface area contributed by atoms with Gasteiger partial charge < -0.3 is 15.0 Å². The first-order valence-corrected chi connectivity index (χ1v) is 4.66. The molecule has 0 amide bonds. The van der Waals surface area contributed by atoms with Gasteiger partial charge in [-0.2, -0.15) is 4.98 Å². The van der Waals surface area contributed by atoms with Crippen LogP contribution in [0.1, 0.15) is 44.9 Å². The fraction of sp³-hybridized carbons (Fsp3) is 0.778. The second kappa shape index (κ2) is 4.06. The average Bonchev–Trinajstić information content (AvgIpc) is 2.66. The van der Waals surface area contributed by atoms with Crippen LogP contribution in [0.25, 0.3) is 0 Å². The van der Waals surface area contributed by atoms with Crippen LogP contribution in [-0.2, 0) is 10.3 Å². The smallest absolute Gasteiger partial charge is 0.243 e. The molecule has 1 aromatic heterocycles. The number of methoxy groups -OCH3 is 1. The Morgan fingerprint density at radius 1 is 1.57 bits per heavy atom. The van der Waals surface area contributed by atoms with Crippen molar-refractivity contribution in [2.75, 3.05) is 7.11 Å². The molecule has 1 heterocycles. The number of nitrogens with two attached hydrogens (primary N) is 1. The van der Waals surface area contributed by atoms with Crippen molar-refractivity contribution in [2.24, 2.45) is 5.73 Å². The number of ether oxygens (including phenoxy) is 1. The van der Waals surface area contributed by atoms with E-state index in [0.717, 1.165) is 6.42 Å². The van der Waals surface area contributed by atoms with Gasteiger partial charge in [0.15, 0.2) is 0 Å². The summed E-state index contributed by atoms with van der Waals surface area (Å²) in [6.45, 7) is 5.72. The van der Waals surface area contributed by atoms with Gasteiger partial charge in [0.2, 0.25) is 11.7 Å². The first-order chi connectivity index (χ1) is 6.51. The van der Waals surface area contributed by atoms with Gasteiger partial charge in [0.1, 0.15) is 5.60 Å². The number of aromatic nitrogens is 2. The predicted molar refractivity (Wildman–Crippen MR) is 51.6 cm³/mol. The van der Waals surface area contributed by atoms with Gasteiger partial charge in [0, 0.05) is 7.11 Å². The zero-order valence-electron chi connectivity index (χ0n) is 9.07. The SMILES string of the molecule is CC[C@@H](N)c1nc(C(C)(C)OC)no1. The van der Waals surface area contributed by atoms with Crippen LogP contribution >= 0.6 is 0 Å². The Balaban J connectivity index is 2.88. The average molecular weight is 199 g/mol. The molecule has 0 aliphatic rings. The number of hydrogen-bond acceptors (Lipinski definition) is 5. The Labute approximate surface area is 83.6 Å². The van der Waals surface area contributed by atoms with Gasteiger partial charge >= 0.3 is 0 Å². The highest BCUT2D eigenvalue weighted by Gasteiger charge is 2.27. The molecule has 5 heteroatoms. The van der Waals surface area contributed by atoms with Gasteiger partial charge in [0.05, 0.1) is 6.04 Å². The minimum absolute atomic E-state index is 0.191. The van der Waals surface area contributed by atoms with Gasteiger partial charge in [0.25, 0.3) is 0 Å². The molecule has 14 heavy (non-hydrogen) atoms. The molecular formula is C9H17N3O2. The van der Waals surface area contributed by atoms with E-state index in [4.69, 9.17) is 15.0 Å². The summed E-state index contributed by atoms with van der Waals surface area (Å²) in [5.74, 6) is 0.992. The summed E-state index contributed by atoms with van der Waals surface area (Å²) in [6, 6.07) is -0.191. The summed E-state index contributed by atoms with van der Waals surface area (Å²) in [5.41, 5.74) is 5.22. The number of hydrogen-bond donors (Lipinski definition) is 1. The lowest BCUT2D eigenvalue weighted by Gasteiger charge is -2.17. The van der Waals surface area contributed by atoms with Crippen molar-refractivity contribution in [3.8, 4) is 0 Å². The van der Waals surface area contributed by atoms with Crippen molar-refractivity contribution < 1.29 is 9.26 Å². The summed E-state index contributed by atoms with van der Waals surface area (Å²) in [5, 5.41) is 3.84. The standard InChI is InChI=1S/C9H17N3O2/c1-5-6(10)7-11-8(12-14-7)9(2,3)13-4/h6H,5,10H2,1-4H3/t6-/m1/s1. The van der Waals surface area contributed by atoms with Crippen LogP contribution in [0.2, 0.25) is 0 Å². The highest BCUT2D eigenvalue weighted by molar-refractivity contribution is 4.99. The van der Waals surface area contributed by atoms with Crippen molar-refractivity contribution in [1.82, 2.24) is 10.1 Å². The molecule has 1 rings (SSSR count). The Kier molecular flexibility index (Phi) is 3.23. The van der Waals surface area contributed by atoms with Crippen molar-refractivity contribution in [3.05, 3.63) is 11.7 Å². The monoisotopic (exact) mass is 199 g/mol. The predicted octanol–water partition coefficient (Wildman–Crippen LogP) is 1.36. The van der Waals surface area contributed by atoms with Crippen LogP contribution in [-0.4, -0.2) is 17.3 Å². The molecule has 0 saturated heterocycles. The van der Waals surface area contributed by atoms with Gasteiger partial charge in [-0.05, 0) is 20.3 Å². The molecule has 0 saturated carbocycles. The molecule has 0 bridgehead atoms. The van der Waals surface area contributed by atoms with Crippen LogP contribution in [0.3, 0.4) is 0 Å². The Morgan fingerprint density at radius 3 is 2.71 bits per heavy atom. The van der Waals surface area contributed by atoms with Crippen LogP contribution in [0.4, 0.5) is 0 Å².